The number of rotatable bonds is 6. The van der Waals surface area contributed by atoms with Crippen LogP contribution in [0.3, 0.4) is 0 Å². The van der Waals surface area contributed by atoms with Gasteiger partial charge in [0.2, 0.25) is 0 Å². The maximum Gasteiger partial charge on any atom is 1.00 e. The molecule has 0 rings (SSSR count). The minimum atomic E-state index is -4.01. The Labute approximate surface area is 123 Å². The summed E-state index contributed by atoms with van der Waals surface area (Å²) in [6, 6.07) is 0. The van der Waals surface area contributed by atoms with Crippen LogP contribution in [0.15, 0.2) is 0 Å². The van der Waals surface area contributed by atoms with Gasteiger partial charge in [-0.1, -0.05) is 0 Å². The second kappa shape index (κ2) is 9.70. The van der Waals surface area contributed by atoms with Crippen LogP contribution in [-0.4, -0.2) is 52.9 Å². The van der Waals surface area contributed by atoms with Crippen LogP contribution in [0.5, 0.6) is 0 Å². The van der Waals surface area contributed by atoms with Gasteiger partial charge in [-0.15, -0.1) is 0 Å². The van der Waals surface area contributed by atoms with Crippen LogP contribution in [0.2, 0.25) is 0 Å². The molecular formula is C3H13KO4SSi3. The predicted molar refractivity (Wildman–Crippen MR) is 52.2 cm³/mol. The minimum Gasteiger partial charge on any atom is -0.748 e. The van der Waals surface area contributed by atoms with Gasteiger partial charge >= 0.3 is 51.4 Å². The van der Waals surface area contributed by atoms with E-state index >= 15 is 0 Å². The summed E-state index contributed by atoms with van der Waals surface area (Å²) in [5, 5.41) is 0. The summed E-state index contributed by atoms with van der Waals surface area (Å²) in [6.45, 7) is 0.475. The largest absolute Gasteiger partial charge is 1.00 e. The second-order valence-electron chi connectivity index (χ2n) is 2.23. The molecule has 0 spiro atoms. The van der Waals surface area contributed by atoms with Gasteiger partial charge in [0.05, 0.1) is 10.1 Å². The summed E-state index contributed by atoms with van der Waals surface area (Å²) in [7, 11) is -2.77. The van der Waals surface area contributed by atoms with Crippen molar-refractivity contribution < 1.29 is 68.8 Å². The standard InChI is InChI=1S/C3H14O4SSi3.K/c4-8(5,6)3-1-2-7-10-11-9;/h1-3,10-11H2,9H3,(H,4,5,6);/q;+1/p-1. The van der Waals surface area contributed by atoms with Gasteiger partial charge in [0, 0.05) is 20.9 Å². The normalized spacial score (nSPS) is 13.1. The van der Waals surface area contributed by atoms with Gasteiger partial charge in [-0.3, -0.25) is 0 Å². The first-order valence-corrected chi connectivity index (χ1v) is 15.4. The van der Waals surface area contributed by atoms with Crippen molar-refractivity contribution >= 4 is 37.7 Å². The number of hydrogen-bond donors (Lipinski definition) is 0. The summed E-state index contributed by atoms with van der Waals surface area (Å²) in [4.78, 5) is 0. The first-order valence-electron chi connectivity index (χ1n) is 3.57. The van der Waals surface area contributed by atoms with Crippen molar-refractivity contribution in [2.75, 3.05) is 12.4 Å². The van der Waals surface area contributed by atoms with Crippen molar-refractivity contribution in [2.24, 2.45) is 0 Å². The first-order chi connectivity index (χ1) is 5.06. The molecule has 0 saturated carbocycles. The fraction of sp³-hybridized carbons (Fsp3) is 1.00. The molecule has 0 aliphatic rings. The van der Waals surface area contributed by atoms with E-state index in [1.54, 1.807) is 0 Å². The quantitative estimate of drug-likeness (QED) is 0.273. The summed E-state index contributed by atoms with van der Waals surface area (Å²) in [6.07, 6.45) is 0.370. The molecule has 12 heavy (non-hydrogen) atoms. The Kier molecular flexibility index (Phi) is 13.4. The van der Waals surface area contributed by atoms with E-state index < -0.39 is 10.1 Å². The summed E-state index contributed by atoms with van der Waals surface area (Å²) in [5.74, 6) is -0.274. The van der Waals surface area contributed by atoms with Gasteiger partial charge in [-0.25, -0.2) is 8.42 Å². The molecule has 0 N–H and O–H groups in total. The van der Waals surface area contributed by atoms with E-state index in [1.165, 1.54) is 9.76 Å². The van der Waals surface area contributed by atoms with Crippen molar-refractivity contribution in [1.29, 1.82) is 0 Å². The Morgan fingerprint density at radius 3 is 2.50 bits per heavy atom. The Hall–Kier alpha value is 2.16. The third-order valence-corrected chi connectivity index (χ3v) is 8.57. The molecule has 0 aromatic rings. The van der Waals surface area contributed by atoms with Crippen molar-refractivity contribution in [3.05, 3.63) is 0 Å². The second-order valence-corrected chi connectivity index (χ2v) is 18.8. The van der Waals surface area contributed by atoms with E-state index in [1.807, 2.05) is 0 Å². The maximum atomic E-state index is 10.1. The molecule has 0 aromatic carbocycles. The van der Waals surface area contributed by atoms with Crippen molar-refractivity contribution in [1.82, 2.24) is 0 Å². The van der Waals surface area contributed by atoms with Gasteiger partial charge in [0.15, 0.2) is 0 Å². The van der Waals surface area contributed by atoms with Crippen molar-refractivity contribution in [2.45, 2.75) is 6.42 Å². The summed E-state index contributed by atoms with van der Waals surface area (Å²) < 4.78 is 35.4. The Balaban J connectivity index is 0. The molecule has 0 heterocycles. The minimum absolute atomic E-state index is 0. The van der Waals surface area contributed by atoms with E-state index in [0.29, 0.717) is 13.0 Å². The van der Waals surface area contributed by atoms with Crippen LogP contribution in [-0.2, 0) is 14.5 Å². The molecule has 0 fully saturated rings. The molecule has 0 unspecified atom stereocenters. The molecule has 0 aromatic heterocycles. The van der Waals surface area contributed by atoms with Crippen LogP contribution in [0.1, 0.15) is 6.42 Å². The van der Waals surface area contributed by atoms with Crippen molar-refractivity contribution in [3.63, 3.8) is 0 Å². The Morgan fingerprint density at radius 1 is 1.50 bits per heavy atom. The third-order valence-electron chi connectivity index (χ3n) is 1.03. The van der Waals surface area contributed by atoms with E-state index in [0.717, 1.165) is 0 Å². The predicted octanol–water partition coefficient (Wildman–Crippen LogP) is -6.61. The molecule has 0 radical (unpaired) electrons. The molecule has 0 bridgehead atoms. The van der Waals surface area contributed by atoms with Crippen LogP contribution >= 0.6 is 0 Å². The molecule has 68 valence electrons. The Morgan fingerprint density at radius 2 is 2.08 bits per heavy atom. The monoisotopic (exact) mass is 268 g/mol. The number of hydrogen-bond acceptors (Lipinski definition) is 4. The zero-order valence-electron chi connectivity index (χ0n) is 7.58. The van der Waals surface area contributed by atoms with Crippen LogP contribution < -0.4 is 51.4 Å². The summed E-state index contributed by atoms with van der Waals surface area (Å²) >= 11 is 0. The van der Waals surface area contributed by atoms with Crippen molar-refractivity contribution in [3.8, 4) is 0 Å². The average molecular weight is 269 g/mol. The zero-order valence-corrected chi connectivity index (χ0v) is 16.3. The topological polar surface area (TPSA) is 66.4 Å². The fourth-order valence-electron chi connectivity index (χ4n) is 0.584. The van der Waals surface area contributed by atoms with Gasteiger partial charge in [0.1, 0.15) is 9.28 Å². The molecule has 9 heteroatoms. The molecule has 4 nitrogen and oxygen atoms in total. The maximum absolute atomic E-state index is 10.1. The third kappa shape index (κ3) is 14.7. The molecule has 0 aliphatic carbocycles. The van der Waals surface area contributed by atoms with E-state index in [2.05, 4.69) is 0 Å². The van der Waals surface area contributed by atoms with Gasteiger partial charge in [0.25, 0.3) is 0 Å². The zero-order chi connectivity index (χ0) is 8.74. The molecule has 0 saturated heterocycles. The van der Waals surface area contributed by atoms with Gasteiger partial charge in [-0.05, 0) is 16.2 Å². The average Bonchev–Trinajstić information content (AvgIpc) is 1.85. The van der Waals surface area contributed by atoms with Crippen LogP contribution in [0.25, 0.3) is 0 Å². The SMILES string of the molecule is O=S(=O)([O-])CCCO[SiH2][SiH2][SiH3].[K+]. The first kappa shape index (κ1) is 16.6. The van der Waals surface area contributed by atoms with Gasteiger partial charge in [-0.2, -0.15) is 0 Å². The van der Waals surface area contributed by atoms with Crippen LogP contribution in [0, 0.1) is 0 Å². The summed E-state index contributed by atoms with van der Waals surface area (Å²) in [5.41, 5.74) is 0. The van der Waals surface area contributed by atoms with E-state index in [-0.39, 0.29) is 75.0 Å². The smallest absolute Gasteiger partial charge is 0.748 e. The van der Waals surface area contributed by atoms with Gasteiger partial charge < -0.3 is 8.98 Å². The van der Waals surface area contributed by atoms with Crippen LogP contribution in [0.4, 0.5) is 0 Å². The fourth-order valence-corrected chi connectivity index (χ4v) is 5.83. The Bertz CT molecular complexity index is 184. The van der Waals surface area contributed by atoms with E-state index in [9.17, 15) is 13.0 Å². The molecular weight excluding hydrogens is 255 g/mol. The molecule has 0 atom stereocenters. The molecule has 0 amide bonds. The molecule has 0 aliphatic heterocycles. The van der Waals surface area contributed by atoms with E-state index in [4.69, 9.17) is 4.43 Å².